The van der Waals surface area contributed by atoms with Gasteiger partial charge in [-0.25, -0.2) is 17.5 Å². The van der Waals surface area contributed by atoms with Crippen LogP contribution in [-0.2, 0) is 22.0 Å². The van der Waals surface area contributed by atoms with Gasteiger partial charge in [0.2, 0.25) is 10.0 Å². The van der Waals surface area contributed by atoms with Gasteiger partial charge in [-0.05, 0) is 72.4 Å². The lowest BCUT2D eigenvalue weighted by Crippen LogP contribution is -2.34. The highest BCUT2D eigenvalue weighted by Crippen LogP contribution is 2.70. The molecule has 1 aliphatic carbocycles. The van der Waals surface area contributed by atoms with E-state index in [-0.39, 0.29) is 28.0 Å². The van der Waals surface area contributed by atoms with Gasteiger partial charge in [-0.15, -0.1) is 0 Å². The Hall–Kier alpha value is -3.82. The molecule has 204 valence electrons. The maximum Gasteiger partial charge on any atom is 0.246 e. The predicted molar refractivity (Wildman–Crippen MR) is 151 cm³/mol. The third kappa shape index (κ3) is 3.75. The van der Waals surface area contributed by atoms with Crippen molar-refractivity contribution in [1.29, 1.82) is 0 Å². The molecule has 2 aromatic heterocycles. The van der Waals surface area contributed by atoms with Crippen molar-refractivity contribution in [1.82, 2.24) is 23.9 Å². The molecule has 40 heavy (non-hydrogen) atoms. The number of halogens is 1. The number of hydrogen-bond acceptors (Lipinski definition) is 4. The van der Waals surface area contributed by atoms with Crippen LogP contribution in [0.4, 0.5) is 4.39 Å². The summed E-state index contributed by atoms with van der Waals surface area (Å²) in [5.74, 6) is 0.105. The van der Waals surface area contributed by atoms with Crippen molar-refractivity contribution >= 4 is 20.9 Å². The second kappa shape index (κ2) is 9.11. The summed E-state index contributed by atoms with van der Waals surface area (Å²) >= 11 is 0. The predicted octanol–water partition coefficient (Wildman–Crippen LogP) is 5.44. The van der Waals surface area contributed by atoms with E-state index in [0.29, 0.717) is 19.6 Å². The van der Waals surface area contributed by atoms with Gasteiger partial charge in [0.1, 0.15) is 10.7 Å². The minimum Gasteiger partial charge on any atom is -0.271 e. The van der Waals surface area contributed by atoms with E-state index < -0.39 is 10.0 Å². The van der Waals surface area contributed by atoms with Gasteiger partial charge >= 0.3 is 0 Å². The maximum atomic E-state index is 13.7. The topological polar surface area (TPSA) is 73.0 Å². The number of aromatic nitrogens is 4. The highest BCUT2D eigenvalue weighted by Gasteiger charge is 2.71. The number of sulfonamides is 1. The quantitative estimate of drug-likeness (QED) is 0.268. The molecule has 2 aliphatic rings. The van der Waals surface area contributed by atoms with Crippen molar-refractivity contribution < 1.29 is 12.8 Å². The van der Waals surface area contributed by atoms with Gasteiger partial charge in [0.15, 0.2) is 0 Å². The monoisotopic (exact) mass is 555 g/mol. The number of piperidine rings is 1. The zero-order chi connectivity index (χ0) is 27.6. The van der Waals surface area contributed by atoms with E-state index in [1.165, 1.54) is 23.9 Å². The van der Waals surface area contributed by atoms with Crippen LogP contribution in [0.5, 0.6) is 0 Å². The van der Waals surface area contributed by atoms with Crippen molar-refractivity contribution in [3.63, 3.8) is 0 Å². The van der Waals surface area contributed by atoms with Crippen LogP contribution in [-0.4, -0.2) is 45.4 Å². The highest BCUT2D eigenvalue weighted by molar-refractivity contribution is 7.89. The lowest BCUT2D eigenvalue weighted by Gasteiger charge is -2.25. The van der Waals surface area contributed by atoms with Gasteiger partial charge in [-0.2, -0.15) is 14.5 Å². The summed E-state index contributed by atoms with van der Waals surface area (Å²) in [6.07, 6.45) is 5.83. The van der Waals surface area contributed by atoms with Gasteiger partial charge in [0, 0.05) is 42.6 Å². The van der Waals surface area contributed by atoms with E-state index in [4.69, 9.17) is 0 Å². The summed E-state index contributed by atoms with van der Waals surface area (Å²) in [5.41, 5.74) is 4.89. The third-order valence-electron chi connectivity index (χ3n) is 8.69. The molecule has 5 aromatic rings. The third-order valence-corrected chi connectivity index (χ3v) is 10.5. The van der Waals surface area contributed by atoms with Crippen LogP contribution in [0.2, 0.25) is 0 Å². The van der Waals surface area contributed by atoms with Crippen molar-refractivity contribution in [2.75, 3.05) is 13.1 Å². The maximum absolute atomic E-state index is 13.7. The Balaban J connectivity index is 1.30. The van der Waals surface area contributed by atoms with E-state index in [0.717, 1.165) is 34.1 Å². The zero-order valence-corrected chi connectivity index (χ0v) is 23.2. The van der Waals surface area contributed by atoms with E-state index in [1.807, 2.05) is 23.9 Å². The summed E-state index contributed by atoms with van der Waals surface area (Å²) in [6, 6.07) is 21.0. The molecule has 0 amide bonds. The van der Waals surface area contributed by atoms with Crippen LogP contribution in [0.1, 0.15) is 36.0 Å². The highest BCUT2D eigenvalue weighted by atomic mass is 32.2. The van der Waals surface area contributed by atoms with Crippen LogP contribution in [0.3, 0.4) is 0 Å². The smallest absolute Gasteiger partial charge is 0.246 e. The molecular weight excluding hydrogens is 525 g/mol. The average molecular weight is 556 g/mol. The molecule has 1 saturated heterocycles. The Bertz CT molecular complexity index is 1830. The summed E-state index contributed by atoms with van der Waals surface area (Å²) in [5, 5.41) is 9.85. The Morgan fingerprint density at radius 2 is 1.80 bits per heavy atom. The minimum atomic E-state index is -3.68. The van der Waals surface area contributed by atoms with Crippen LogP contribution >= 0.6 is 0 Å². The molecule has 9 heteroatoms. The van der Waals surface area contributed by atoms with Gasteiger partial charge in [0.05, 0.1) is 23.6 Å². The fourth-order valence-electron chi connectivity index (χ4n) is 6.85. The summed E-state index contributed by atoms with van der Waals surface area (Å²) in [4.78, 5) is 0.251. The molecule has 1 saturated carbocycles. The molecule has 7 nitrogen and oxygen atoms in total. The Morgan fingerprint density at radius 1 is 1.02 bits per heavy atom. The number of hydrogen-bond donors (Lipinski definition) is 0. The van der Waals surface area contributed by atoms with Gasteiger partial charge in [-0.3, -0.25) is 4.68 Å². The average Bonchev–Trinajstić information content (AvgIpc) is 3.40. The molecular formula is C31H30FN5O2S. The molecule has 3 heterocycles. The van der Waals surface area contributed by atoms with E-state index in [2.05, 4.69) is 53.5 Å². The number of fused-ring (bicyclic) bond motifs is 2. The second-order valence-electron chi connectivity index (χ2n) is 11.0. The first kappa shape index (κ1) is 25.2. The molecule has 0 N–H and O–H groups in total. The number of aryl methyl sites for hydroxylation is 2. The van der Waals surface area contributed by atoms with Crippen molar-refractivity contribution in [2.45, 2.75) is 43.0 Å². The lowest BCUT2D eigenvalue weighted by molar-refractivity contribution is 0.421. The van der Waals surface area contributed by atoms with Gasteiger partial charge in [0.25, 0.3) is 0 Å². The van der Waals surface area contributed by atoms with Crippen LogP contribution in [0, 0.1) is 18.7 Å². The minimum absolute atomic E-state index is 0.165. The summed E-state index contributed by atoms with van der Waals surface area (Å²) in [6.45, 7) is 5.70. The molecule has 0 unspecified atom stereocenters. The summed E-state index contributed by atoms with van der Waals surface area (Å²) < 4.78 is 46.2. The van der Waals surface area contributed by atoms with Crippen molar-refractivity contribution in [2.24, 2.45) is 5.92 Å². The zero-order valence-electron chi connectivity index (χ0n) is 22.4. The lowest BCUT2D eigenvalue weighted by atomic mass is 9.87. The fourth-order valence-corrected chi connectivity index (χ4v) is 8.32. The Kier molecular flexibility index (Phi) is 5.73. The largest absolute Gasteiger partial charge is 0.271 e. The normalized spacial score (nSPS) is 22.6. The van der Waals surface area contributed by atoms with Gasteiger partial charge in [-0.1, -0.05) is 37.3 Å². The van der Waals surface area contributed by atoms with Gasteiger partial charge < -0.3 is 0 Å². The molecule has 3 atom stereocenters. The first-order valence-corrected chi connectivity index (χ1v) is 15.1. The van der Waals surface area contributed by atoms with E-state index >= 15 is 0 Å². The molecule has 0 bridgehead atoms. The SMILES string of the molecule is CCCn1cc(S(=O)(=O)N2C[C@@H]3[C@@H](c4ccccc4)[C@]3(c3cc4cnn(-c5ccc(F)cc5)c4cc3C)C2)cn1. The van der Waals surface area contributed by atoms with Crippen molar-refractivity contribution in [3.05, 3.63) is 108 Å². The molecule has 1 aliphatic heterocycles. The fraction of sp³-hybridized carbons (Fsp3) is 0.290. The molecule has 0 radical (unpaired) electrons. The first-order chi connectivity index (χ1) is 19.3. The van der Waals surface area contributed by atoms with E-state index in [1.54, 1.807) is 27.3 Å². The second-order valence-corrected chi connectivity index (χ2v) is 13.0. The van der Waals surface area contributed by atoms with E-state index in [9.17, 15) is 12.8 Å². The number of benzene rings is 3. The summed E-state index contributed by atoms with van der Waals surface area (Å²) in [7, 11) is -3.68. The van der Waals surface area contributed by atoms with Crippen molar-refractivity contribution in [3.8, 4) is 5.69 Å². The van der Waals surface area contributed by atoms with Crippen LogP contribution < -0.4 is 0 Å². The molecule has 0 spiro atoms. The number of rotatable bonds is 7. The Labute approximate surface area is 232 Å². The number of nitrogens with zero attached hydrogens (tertiary/aromatic N) is 5. The van der Waals surface area contributed by atoms with Crippen LogP contribution in [0.15, 0.2) is 90.2 Å². The Morgan fingerprint density at radius 3 is 2.55 bits per heavy atom. The first-order valence-electron chi connectivity index (χ1n) is 13.7. The molecule has 7 rings (SSSR count). The molecule has 3 aromatic carbocycles. The molecule has 2 fully saturated rings. The van der Waals surface area contributed by atoms with Crippen LogP contribution in [0.25, 0.3) is 16.6 Å². The standard InChI is InChI=1S/C31H30FN5O2S/c1-3-13-35-18-26(17-33-35)40(38,39)36-19-28-30(22-7-5-4-6-8-22)31(28,20-36)27-15-23-16-34-37(29(23)14-21(27)2)25-11-9-24(32)10-12-25/h4-12,14-18,28,30H,3,13,19-20H2,1-2H3/t28-,30-,31+/m1/s1.